The number of methoxy groups -OCH3 is 1. The molecule has 0 spiro atoms. The molecule has 20 heavy (non-hydrogen) atoms. The normalized spacial score (nSPS) is 18.3. The second-order valence-electron chi connectivity index (χ2n) is 4.91. The van der Waals surface area contributed by atoms with Crippen LogP contribution >= 0.6 is 0 Å². The molecule has 0 saturated carbocycles. The summed E-state index contributed by atoms with van der Waals surface area (Å²) in [5, 5.41) is 0. The Balaban J connectivity index is 1.79. The van der Waals surface area contributed by atoms with E-state index >= 15 is 0 Å². The highest BCUT2D eigenvalue weighted by atomic mass is 16.5. The summed E-state index contributed by atoms with van der Waals surface area (Å²) < 4.78 is 5.21. The number of nitrogens with zero attached hydrogens (tertiary/aromatic N) is 5. The van der Waals surface area contributed by atoms with E-state index in [1.54, 1.807) is 19.5 Å². The van der Waals surface area contributed by atoms with Gasteiger partial charge in [0, 0.05) is 49.4 Å². The van der Waals surface area contributed by atoms with Crippen molar-refractivity contribution in [2.24, 2.45) is 0 Å². The molecule has 0 amide bonds. The summed E-state index contributed by atoms with van der Waals surface area (Å²) in [6.07, 6.45) is 6.32. The summed E-state index contributed by atoms with van der Waals surface area (Å²) in [4.78, 5) is 19.6. The van der Waals surface area contributed by atoms with Gasteiger partial charge in [0.15, 0.2) is 0 Å². The predicted molar refractivity (Wildman–Crippen MR) is 74.9 cm³/mol. The van der Waals surface area contributed by atoms with E-state index in [-0.39, 0.29) is 0 Å². The Morgan fingerprint density at radius 3 is 2.95 bits per heavy atom. The zero-order valence-corrected chi connectivity index (χ0v) is 11.7. The van der Waals surface area contributed by atoms with Crippen LogP contribution in [0.15, 0.2) is 24.7 Å². The molecule has 0 N–H and O–H groups in total. The molecule has 1 atom stereocenters. The first-order valence-corrected chi connectivity index (χ1v) is 6.67. The molecule has 0 aromatic carbocycles. The maximum atomic E-state index is 5.21. The zero-order valence-electron chi connectivity index (χ0n) is 11.7. The largest absolute Gasteiger partial charge is 0.481 e. The fraction of sp³-hybridized carbons (Fsp3) is 0.429. The van der Waals surface area contributed by atoms with Crippen molar-refractivity contribution in [2.75, 3.05) is 25.1 Å². The van der Waals surface area contributed by atoms with Gasteiger partial charge in [0.2, 0.25) is 11.8 Å². The molecule has 1 fully saturated rings. The molecular formula is C14H17N5O. The zero-order chi connectivity index (χ0) is 13.9. The molecule has 2 aromatic rings. The lowest BCUT2D eigenvalue weighted by atomic mass is 10.1. The van der Waals surface area contributed by atoms with Gasteiger partial charge in [-0.3, -0.25) is 9.97 Å². The van der Waals surface area contributed by atoms with Crippen molar-refractivity contribution in [1.29, 1.82) is 0 Å². The van der Waals surface area contributed by atoms with Gasteiger partial charge in [-0.15, -0.1) is 0 Å². The van der Waals surface area contributed by atoms with Gasteiger partial charge in [-0.05, 0) is 13.3 Å². The average Bonchev–Trinajstić information content (AvgIpc) is 2.97. The van der Waals surface area contributed by atoms with Gasteiger partial charge in [0.05, 0.1) is 12.8 Å². The molecule has 1 saturated heterocycles. The molecule has 0 radical (unpaired) electrons. The molecule has 3 heterocycles. The van der Waals surface area contributed by atoms with Crippen molar-refractivity contribution in [3.8, 4) is 5.88 Å². The number of hydrogen-bond donors (Lipinski definition) is 0. The molecule has 3 rings (SSSR count). The lowest BCUT2D eigenvalue weighted by molar-refractivity contribution is 0.396. The van der Waals surface area contributed by atoms with Crippen LogP contribution in [0.5, 0.6) is 5.88 Å². The Morgan fingerprint density at radius 2 is 2.20 bits per heavy atom. The average molecular weight is 271 g/mol. The minimum absolute atomic E-state index is 0.388. The summed E-state index contributed by atoms with van der Waals surface area (Å²) in [5.41, 5.74) is 1.95. The van der Waals surface area contributed by atoms with Crippen molar-refractivity contribution in [1.82, 2.24) is 19.9 Å². The van der Waals surface area contributed by atoms with Crippen LogP contribution in [0.4, 0.5) is 5.95 Å². The molecule has 2 aromatic heterocycles. The summed E-state index contributed by atoms with van der Waals surface area (Å²) in [6, 6.07) is 1.83. The van der Waals surface area contributed by atoms with Crippen molar-refractivity contribution in [3.63, 3.8) is 0 Å². The third kappa shape index (κ3) is 2.54. The van der Waals surface area contributed by atoms with E-state index in [9.17, 15) is 0 Å². The van der Waals surface area contributed by atoms with E-state index in [2.05, 4.69) is 24.8 Å². The number of aryl methyl sites for hydroxylation is 1. The standard InChI is InChI=1S/C14H17N5O/c1-10-7-13(20-2)18-14(17-10)19-6-3-11(9-19)12-8-15-4-5-16-12/h4-5,7-8,11H,3,6,9H2,1-2H3. The van der Waals surface area contributed by atoms with E-state index in [4.69, 9.17) is 4.74 Å². The quantitative estimate of drug-likeness (QED) is 0.844. The van der Waals surface area contributed by atoms with E-state index < -0.39 is 0 Å². The Bertz CT molecular complexity index is 589. The van der Waals surface area contributed by atoms with Crippen LogP contribution < -0.4 is 9.64 Å². The van der Waals surface area contributed by atoms with Crippen LogP contribution in [-0.2, 0) is 0 Å². The number of hydrogen-bond acceptors (Lipinski definition) is 6. The second kappa shape index (κ2) is 5.40. The van der Waals surface area contributed by atoms with Crippen LogP contribution in [-0.4, -0.2) is 40.1 Å². The van der Waals surface area contributed by atoms with E-state index in [0.29, 0.717) is 11.8 Å². The molecule has 1 aliphatic rings. The molecule has 0 bridgehead atoms. The molecule has 0 aliphatic carbocycles. The number of rotatable bonds is 3. The molecule has 6 nitrogen and oxygen atoms in total. The van der Waals surface area contributed by atoms with Gasteiger partial charge in [-0.1, -0.05) is 0 Å². The van der Waals surface area contributed by atoms with Crippen molar-refractivity contribution in [3.05, 3.63) is 36.0 Å². The fourth-order valence-corrected chi connectivity index (χ4v) is 2.48. The van der Waals surface area contributed by atoms with Crippen LogP contribution in [0.3, 0.4) is 0 Å². The molecule has 1 unspecified atom stereocenters. The predicted octanol–water partition coefficient (Wildman–Crippen LogP) is 1.58. The van der Waals surface area contributed by atoms with E-state index in [0.717, 1.165) is 36.8 Å². The van der Waals surface area contributed by atoms with Gasteiger partial charge >= 0.3 is 0 Å². The van der Waals surface area contributed by atoms with Crippen LogP contribution in [0.2, 0.25) is 0 Å². The third-order valence-corrected chi connectivity index (χ3v) is 3.50. The maximum absolute atomic E-state index is 5.21. The van der Waals surface area contributed by atoms with Crippen LogP contribution in [0.25, 0.3) is 0 Å². The summed E-state index contributed by atoms with van der Waals surface area (Å²) in [7, 11) is 1.62. The minimum Gasteiger partial charge on any atom is -0.481 e. The second-order valence-corrected chi connectivity index (χ2v) is 4.91. The number of ether oxygens (including phenoxy) is 1. The van der Waals surface area contributed by atoms with Gasteiger partial charge in [-0.25, -0.2) is 4.98 Å². The van der Waals surface area contributed by atoms with E-state index in [1.807, 2.05) is 19.2 Å². The van der Waals surface area contributed by atoms with Crippen molar-refractivity contribution < 1.29 is 4.74 Å². The highest BCUT2D eigenvalue weighted by molar-refractivity contribution is 5.37. The van der Waals surface area contributed by atoms with Crippen LogP contribution in [0, 0.1) is 6.92 Å². The summed E-state index contributed by atoms with van der Waals surface area (Å²) in [6.45, 7) is 3.74. The van der Waals surface area contributed by atoms with Gasteiger partial charge in [0.1, 0.15) is 0 Å². The first-order valence-electron chi connectivity index (χ1n) is 6.67. The summed E-state index contributed by atoms with van der Waals surface area (Å²) in [5.74, 6) is 1.72. The Labute approximate surface area is 117 Å². The van der Waals surface area contributed by atoms with Gasteiger partial charge in [0.25, 0.3) is 0 Å². The van der Waals surface area contributed by atoms with Gasteiger partial charge < -0.3 is 9.64 Å². The number of anilines is 1. The first kappa shape index (κ1) is 12.8. The Kier molecular flexibility index (Phi) is 3.45. The molecule has 6 heteroatoms. The van der Waals surface area contributed by atoms with Crippen LogP contribution in [0.1, 0.15) is 23.7 Å². The Morgan fingerprint density at radius 1 is 1.30 bits per heavy atom. The lowest BCUT2D eigenvalue weighted by Crippen LogP contribution is -2.22. The first-order chi connectivity index (χ1) is 9.76. The lowest BCUT2D eigenvalue weighted by Gasteiger charge is -2.17. The topological polar surface area (TPSA) is 64.0 Å². The molecule has 1 aliphatic heterocycles. The smallest absolute Gasteiger partial charge is 0.228 e. The highest BCUT2D eigenvalue weighted by Gasteiger charge is 2.27. The van der Waals surface area contributed by atoms with Crippen molar-refractivity contribution in [2.45, 2.75) is 19.3 Å². The maximum Gasteiger partial charge on any atom is 0.228 e. The fourth-order valence-electron chi connectivity index (χ4n) is 2.48. The molecular weight excluding hydrogens is 254 g/mol. The molecule has 104 valence electrons. The van der Waals surface area contributed by atoms with Gasteiger partial charge in [-0.2, -0.15) is 4.98 Å². The monoisotopic (exact) mass is 271 g/mol. The van der Waals surface area contributed by atoms with Crippen molar-refractivity contribution >= 4 is 5.95 Å². The number of aromatic nitrogens is 4. The summed E-state index contributed by atoms with van der Waals surface area (Å²) >= 11 is 0. The SMILES string of the molecule is COc1cc(C)nc(N2CCC(c3cnccn3)C2)n1. The minimum atomic E-state index is 0.388. The highest BCUT2D eigenvalue weighted by Crippen LogP contribution is 2.28. The Hall–Kier alpha value is -2.24. The van der Waals surface area contributed by atoms with E-state index in [1.165, 1.54) is 0 Å². The third-order valence-electron chi connectivity index (χ3n) is 3.50.